The van der Waals surface area contributed by atoms with Crippen molar-refractivity contribution in [1.82, 2.24) is 0 Å². The van der Waals surface area contributed by atoms with Crippen LogP contribution >= 0.6 is 78.3 Å². The molecule has 1 atom stereocenters. The third kappa shape index (κ3) is 11.3. The second-order valence-electron chi connectivity index (χ2n) is 10.5. The molecule has 0 aromatic heterocycles. The first-order chi connectivity index (χ1) is 21.9. The monoisotopic (exact) mass is 850 g/mol. The molecule has 0 bridgehead atoms. The Balaban J connectivity index is 0.000000207. The van der Waals surface area contributed by atoms with Crippen LogP contribution in [0, 0.1) is 13.8 Å². The minimum absolute atomic E-state index is 0.116. The molecular weight excluding hydrogens is 827 g/mol. The van der Waals surface area contributed by atoms with Gasteiger partial charge in [0.2, 0.25) is 0 Å². The SMILES string of the molecule is C=C(c1cc(Cl)cc(Cl)c1)C(F)(F)F.Cc1cc(/C=N\O)ccc1Br.Cc1cc(C2=NOC(C)(c3cc(Cl)cc(Cl)c3)C2)ccc1Br. The summed E-state index contributed by atoms with van der Waals surface area (Å²) >= 11 is 30.2. The Hall–Kier alpha value is -2.53. The van der Waals surface area contributed by atoms with E-state index in [0.717, 1.165) is 36.9 Å². The molecule has 4 aromatic rings. The van der Waals surface area contributed by atoms with Gasteiger partial charge in [0.25, 0.3) is 0 Å². The van der Waals surface area contributed by atoms with E-state index in [1.807, 2.05) is 56.3 Å². The number of oxime groups is 2. The summed E-state index contributed by atoms with van der Waals surface area (Å²) in [5.41, 5.74) is 4.49. The quantitative estimate of drug-likeness (QED) is 0.126. The maximum atomic E-state index is 12.2. The Bertz CT molecular complexity index is 1790. The standard InChI is InChI=1S/C17H14BrCl2NO.C9H5Cl2F3.C8H8BrNO/c1-10-5-11(3-4-15(10)18)16-9-17(2,22-21-16)12-6-13(19)8-14(20)7-12;1-5(9(12,13)14)6-2-7(10)4-8(11)3-6;1-6-4-7(5-10-11)2-3-8(6)9/h3-8H,9H2,1-2H3;2-4H,1H2;2-5,11H,1H3/b;;10-5-. The first-order valence-corrected chi connectivity index (χ1v) is 16.7. The van der Waals surface area contributed by atoms with Crippen molar-refractivity contribution >= 4 is 95.8 Å². The van der Waals surface area contributed by atoms with Crippen molar-refractivity contribution in [2.75, 3.05) is 0 Å². The van der Waals surface area contributed by atoms with Gasteiger partial charge in [-0.2, -0.15) is 13.2 Å². The van der Waals surface area contributed by atoms with Gasteiger partial charge in [0.15, 0.2) is 5.60 Å². The third-order valence-electron chi connectivity index (χ3n) is 6.77. The Morgan fingerprint density at radius 2 is 1.38 bits per heavy atom. The highest BCUT2D eigenvalue weighted by molar-refractivity contribution is 9.10. The van der Waals surface area contributed by atoms with Crippen molar-refractivity contribution in [2.24, 2.45) is 10.3 Å². The zero-order chi connectivity index (χ0) is 35.1. The van der Waals surface area contributed by atoms with Gasteiger partial charge < -0.3 is 10.0 Å². The van der Waals surface area contributed by atoms with Crippen LogP contribution in [0.2, 0.25) is 20.1 Å². The lowest BCUT2D eigenvalue weighted by molar-refractivity contribution is -0.0686. The van der Waals surface area contributed by atoms with Gasteiger partial charge in [0, 0.05) is 41.0 Å². The molecule has 1 heterocycles. The van der Waals surface area contributed by atoms with Crippen molar-refractivity contribution in [2.45, 2.75) is 39.0 Å². The van der Waals surface area contributed by atoms with Gasteiger partial charge in [0.1, 0.15) is 0 Å². The van der Waals surface area contributed by atoms with Gasteiger partial charge >= 0.3 is 6.18 Å². The van der Waals surface area contributed by atoms with Crippen LogP contribution < -0.4 is 0 Å². The second kappa shape index (κ2) is 16.7. The fourth-order valence-corrected chi connectivity index (χ4v) is 5.78. The van der Waals surface area contributed by atoms with E-state index in [4.69, 9.17) is 56.4 Å². The van der Waals surface area contributed by atoms with E-state index < -0.39 is 17.4 Å². The summed E-state index contributed by atoms with van der Waals surface area (Å²) in [6.07, 6.45) is -2.39. The van der Waals surface area contributed by atoms with Crippen molar-refractivity contribution in [3.05, 3.63) is 142 Å². The average Bonchev–Trinajstić information content (AvgIpc) is 3.39. The Labute approximate surface area is 308 Å². The molecule has 4 aromatic carbocycles. The van der Waals surface area contributed by atoms with Crippen LogP contribution in [0.25, 0.3) is 5.57 Å². The lowest BCUT2D eigenvalue weighted by Crippen LogP contribution is -2.22. The van der Waals surface area contributed by atoms with Crippen LogP contribution in [0.3, 0.4) is 0 Å². The van der Waals surface area contributed by atoms with Gasteiger partial charge in [-0.15, -0.1) is 0 Å². The highest BCUT2D eigenvalue weighted by Crippen LogP contribution is 2.39. The second-order valence-corrected chi connectivity index (χ2v) is 14.0. The van der Waals surface area contributed by atoms with Crippen LogP contribution in [-0.2, 0) is 10.4 Å². The minimum atomic E-state index is -4.46. The van der Waals surface area contributed by atoms with Crippen LogP contribution in [0.5, 0.6) is 0 Å². The smallest absolute Gasteiger partial charge is 0.411 e. The molecule has 1 N–H and O–H groups in total. The molecule has 0 saturated carbocycles. The summed E-state index contributed by atoms with van der Waals surface area (Å²) in [7, 11) is 0. The fraction of sp³-hybridized carbons (Fsp3) is 0.176. The number of alkyl halides is 3. The van der Waals surface area contributed by atoms with Gasteiger partial charge in [-0.05, 0) is 109 Å². The summed E-state index contributed by atoms with van der Waals surface area (Å²) in [5.74, 6) is 0. The van der Waals surface area contributed by atoms with Crippen molar-refractivity contribution in [3.8, 4) is 0 Å². The number of allylic oxidation sites excluding steroid dienone is 1. The lowest BCUT2D eigenvalue weighted by atomic mass is 9.89. The molecule has 0 radical (unpaired) electrons. The maximum Gasteiger partial charge on any atom is 0.416 e. The van der Waals surface area contributed by atoms with Crippen LogP contribution in [0.15, 0.2) is 98.6 Å². The Morgan fingerprint density at radius 1 is 0.872 bits per heavy atom. The molecule has 4 nitrogen and oxygen atoms in total. The molecule has 0 spiro atoms. The molecule has 1 unspecified atom stereocenters. The lowest BCUT2D eigenvalue weighted by Gasteiger charge is -2.22. The molecule has 248 valence electrons. The molecule has 0 fully saturated rings. The number of halogens is 9. The van der Waals surface area contributed by atoms with Crippen LogP contribution in [-0.4, -0.2) is 23.3 Å². The van der Waals surface area contributed by atoms with Crippen molar-refractivity contribution in [3.63, 3.8) is 0 Å². The molecular formula is C34H27Br2Cl4F3N2O2. The summed E-state index contributed by atoms with van der Waals surface area (Å²) in [5, 5.41) is 17.0. The van der Waals surface area contributed by atoms with Crippen molar-refractivity contribution in [1.29, 1.82) is 0 Å². The van der Waals surface area contributed by atoms with E-state index in [9.17, 15) is 13.2 Å². The first kappa shape index (κ1) is 38.9. The third-order valence-corrected chi connectivity index (χ3v) is 9.42. The number of benzene rings is 4. The van der Waals surface area contributed by atoms with E-state index in [1.54, 1.807) is 6.07 Å². The molecule has 0 aliphatic carbocycles. The molecule has 13 heteroatoms. The maximum absolute atomic E-state index is 12.2. The predicted molar refractivity (Wildman–Crippen MR) is 195 cm³/mol. The summed E-state index contributed by atoms with van der Waals surface area (Å²) in [6, 6.07) is 21.1. The van der Waals surface area contributed by atoms with E-state index in [0.29, 0.717) is 16.5 Å². The molecule has 47 heavy (non-hydrogen) atoms. The molecule has 1 aliphatic heterocycles. The van der Waals surface area contributed by atoms with Gasteiger partial charge in [0.05, 0.1) is 17.5 Å². The largest absolute Gasteiger partial charge is 0.416 e. The van der Waals surface area contributed by atoms with E-state index >= 15 is 0 Å². The topological polar surface area (TPSA) is 54.2 Å². The van der Waals surface area contributed by atoms with Gasteiger partial charge in [-0.3, -0.25) is 0 Å². The first-order valence-electron chi connectivity index (χ1n) is 13.6. The average molecular weight is 854 g/mol. The number of aryl methyl sites for hydroxylation is 2. The van der Waals surface area contributed by atoms with Gasteiger partial charge in [-0.25, -0.2) is 0 Å². The van der Waals surface area contributed by atoms with Gasteiger partial charge in [-0.1, -0.05) is 107 Å². The minimum Gasteiger partial charge on any atom is -0.411 e. The Morgan fingerprint density at radius 3 is 1.87 bits per heavy atom. The van der Waals surface area contributed by atoms with E-state index in [2.05, 4.69) is 61.7 Å². The molecule has 0 saturated heterocycles. The van der Waals surface area contributed by atoms with E-state index in [1.165, 1.54) is 30.0 Å². The van der Waals surface area contributed by atoms with Crippen LogP contribution in [0.1, 0.15) is 46.7 Å². The Kier molecular flexibility index (Phi) is 13.8. The molecule has 0 amide bonds. The molecule has 5 rings (SSSR count). The molecule has 1 aliphatic rings. The zero-order valence-electron chi connectivity index (χ0n) is 25.1. The number of nitrogens with zero attached hydrogens (tertiary/aromatic N) is 2. The van der Waals surface area contributed by atoms with Crippen LogP contribution in [0.4, 0.5) is 13.2 Å². The number of hydrogen-bond donors (Lipinski definition) is 1. The fourth-order valence-electron chi connectivity index (χ4n) is 4.24. The summed E-state index contributed by atoms with van der Waals surface area (Å²) in [6.45, 7) is 8.97. The summed E-state index contributed by atoms with van der Waals surface area (Å²) in [4.78, 5) is 5.73. The summed E-state index contributed by atoms with van der Waals surface area (Å²) < 4.78 is 38.8. The highest BCUT2D eigenvalue weighted by atomic mass is 79.9. The van der Waals surface area contributed by atoms with Crippen molar-refractivity contribution < 1.29 is 23.2 Å². The normalized spacial score (nSPS) is 15.6. The van der Waals surface area contributed by atoms with E-state index in [-0.39, 0.29) is 15.6 Å². The highest BCUT2D eigenvalue weighted by Gasteiger charge is 2.37. The number of rotatable bonds is 4. The predicted octanol–water partition coefficient (Wildman–Crippen LogP) is 13.2. The zero-order valence-corrected chi connectivity index (χ0v) is 31.3. The number of hydrogen-bond acceptors (Lipinski definition) is 4.